The number of carbonyl (C=O) groups excluding carboxylic acids is 1. The molecular weight excluding hydrogens is 439 g/mol. The van der Waals surface area contributed by atoms with Crippen molar-refractivity contribution in [2.75, 3.05) is 33.7 Å². The molecule has 1 amide bonds. The molecule has 1 aromatic carbocycles. The SMILES string of the molecule is CC(C)CNC(=NCC(=O)N(C)C)NCC1(c2ccccc2)CCC1.I. The van der Waals surface area contributed by atoms with Gasteiger partial charge in [-0.25, -0.2) is 4.99 Å². The molecule has 0 aromatic heterocycles. The minimum atomic E-state index is 0. The van der Waals surface area contributed by atoms with Gasteiger partial charge in [0.2, 0.25) is 5.91 Å². The summed E-state index contributed by atoms with van der Waals surface area (Å²) in [7, 11) is 3.51. The van der Waals surface area contributed by atoms with Gasteiger partial charge in [-0.2, -0.15) is 0 Å². The third-order valence-electron chi connectivity index (χ3n) is 4.84. The van der Waals surface area contributed by atoms with E-state index < -0.39 is 0 Å². The Labute approximate surface area is 175 Å². The highest BCUT2D eigenvalue weighted by Crippen LogP contribution is 2.43. The van der Waals surface area contributed by atoms with Crippen LogP contribution in [0.25, 0.3) is 0 Å². The number of nitrogens with one attached hydrogen (secondary N) is 2. The van der Waals surface area contributed by atoms with Crippen LogP contribution >= 0.6 is 24.0 Å². The van der Waals surface area contributed by atoms with Crippen LogP contribution in [0, 0.1) is 5.92 Å². The molecule has 1 fully saturated rings. The Kier molecular flexibility index (Phi) is 9.39. The Morgan fingerprint density at radius 3 is 2.35 bits per heavy atom. The summed E-state index contributed by atoms with van der Waals surface area (Å²) >= 11 is 0. The van der Waals surface area contributed by atoms with Gasteiger partial charge in [-0.15, -0.1) is 24.0 Å². The van der Waals surface area contributed by atoms with Crippen LogP contribution in [-0.4, -0.2) is 50.5 Å². The number of guanidine groups is 1. The highest BCUT2D eigenvalue weighted by atomic mass is 127. The molecule has 0 spiro atoms. The summed E-state index contributed by atoms with van der Waals surface area (Å²) in [5.41, 5.74) is 1.58. The highest BCUT2D eigenvalue weighted by molar-refractivity contribution is 14.0. The van der Waals surface area contributed by atoms with Crippen molar-refractivity contribution in [1.29, 1.82) is 0 Å². The third kappa shape index (κ3) is 6.45. The molecule has 1 aliphatic carbocycles. The third-order valence-corrected chi connectivity index (χ3v) is 4.84. The number of aliphatic imine (C=N–C) groups is 1. The lowest BCUT2D eigenvalue weighted by molar-refractivity contribution is -0.127. The summed E-state index contributed by atoms with van der Waals surface area (Å²) in [4.78, 5) is 17.9. The molecule has 0 saturated heterocycles. The van der Waals surface area contributed by atoms with Crippen LogP contribution in [0.1, 0.15) is 38.7 Å². The number of nitrogens with zero attached hydrogens (tertiary/aromatic N) is 2. The Balaban J connectivity index is 0.00000338. The molecule has 0 radical (unpaired) electrons. The van der Waals surface area contributed by atoms with E-state index in [4.69, 9.17) is 0 Å². The summed E-state index contributed by atoms with van der Waals surface area (Å²) in [5, 5.41) is 6.83. The summed E-state index contributed by atoms with van der Waals surface area (Å²) in [6, 6.07) is 10.7. The fourth-order valence-electron chi connectivity index (χ4n) is 2.98. The number of hydrogen-bond donors (Lipinski definition) is 2. The Morgan fingerprint density at radius 1 is 1.19 bits per heavy atom. The maximum Gasteiger partial charge on any atom is 0.243 e. The molecule has 0 heterocycles. The van der Waals surface area contributed by atoms with Crippen LogP contribution in [0.2, 0.25) is 0 Å². The van der Waals surface area contributed by atoms with Gasteiger partial charge in [0.15, 0.2) is 5.96 Å². The summed E-state index contributed by atoms with van der Waals surface area (Å²) in [5.74, 6) is 1.25. The lowest BCUT2D eigenvalue weighted by Gasteiger charge is -2.43. The minimum absolute atomic E-state index is 0. The van der Waals surface area contributed by atoms with E-state index in [1.165, 1.54) is 24.8 Å². The molecule has 1 saturated carbocycles. The second-order valence-corrected chi connectivity index (χ2v) is 7.58. The zero-order chi connectivity index (χ0) is 18.3. The van der Waals surface area contributed by atoms with Crippen LogP contribution in [0.15, 0.2) is 35.3 Å². The lowest BCUT2D eigenvalue weighted by atomic mass is 9.64. The van der Waals surface area contributed by atoms with Gasteiger partial charge in [0.25, 0.3) is 0 Å². The van der Waals surface area contributed by atoms with Crippen LogP contribution in [-0.2, 0) is 10.2 Å². The molecule has 146 valence electrons. The zero-order valence-electron chi connectivity index (χ0n) is 16.4. The normalized spacial score (nSPS) is 15.7. The van der Waals surface area contributed by atoms with Gasteiger partial charge in [0.1, 0.15) is 6.54 Å². The second-order valence-electron chi connectivity index (χ2n) is 7.58. The first-order valence-electron chi connectivity index (χ1n) is 9.21. The van der Waals surface area contributed by atoms with Crippen molar-refractivity contribution in [3.63, 3.8) is 0 Å². The first-order chi connectivity index (χ1) is 11.9. The van der Waals surface area contributed by atoms with Crippen LogP contribution < -0.4 is 10.6 Å². The fraction of sp³-hybridized carbons (Fsp3) is 0.600. The van der Waals surface area contributed by atoms with Gasteiger partial charge in [-0.1, -0.05) is 50.6 Å². The minimum Gasteiger partial charge on any atom is -0.356 e. The number of halogens is 1. The predicted molar refractivity (Wildman–Crippen MR) is 119 cm³/mol. The van der Waals surface area contributed by atoms with Crippen molar-refractivity contribution in [3.8, 4) is 0 Å². The van der Waals surface area contributed by atoms with Gasteiger partial charge >= 0.3 is 0 Å². The van der Waals surface area contributed by atoms with Crippen LogP contribution in [0.4, 0.5) is 0 Å². The average Bonchev–Trinajstić information content (AvgIpc) is 2.55. The van der Waals surface area contributed by atoms with E-state index >= 15 is 0 Å². The van der Waals surface area contributed by atoms with E-state index in [9.17, 15) is 4.79 Å². The topological polar surface area (TPSA) is 56.7 Å². The molecule has 0 bridgehead atoms. The van der Waals surface area contributed by atoms with E-state index in [2.05, 4.69) is 59.8 Å². The lowest BCUT2D eigenvalue weighted by Crippen LogP contribution is -2.49. The molecule has 6 heteroatoms. The number of amides is 1. The fourth-order valence-corrected chi connectivity index (χ4v) is 2.98. The molecule has 0 atom stereocenters. The summed E-state index contributed by atoms with van der Waals surface area (Å²) < 4.78 is 0. The van der Waals surface area contributed by atoms with Crippen molar-refractivity contribution >= 4 is 35.8 Å². The quantitative estimate of drug-likeness (QED) is 0.365. The van der Waals surface area contributed by atoms with Crippen LogP contribution in [0.5, 0.6) is 0 Å². The van der Waals surface area contributed by atoms with Crippen LogP contribution in [0.3, 0.4) is 0 Å². The van der Waals surface area contributed by atoms with Crippen molar-refractivity contribution in [3.05, 3.63) is 35.9 Å². The van der Waals surface area contributed by atoms with E-state index in [1.807, 2.05) is 0 Å². The standard InChI is InChI=1S/C20H32N4O.HI/c1-16(2)13-21-19(22-14-18(25)24(3)4)23-15-20(11-8-12-20)17-9-6-5-7-10-17;/h5-7,9-10,16H,8,11-15H2,1-4H3,(H2,21,22,23);1H. The van der Waals surface area contributed by atoms with Crippen molar-refractivity contribution in [2.24, 2.45) is 10.9 Å². The van der Waals surface area contributed by atoms with Crippen molar-refractivity contribution in [2.45, 2.75) is 38.5 Å². The second kappa shape index (κ2) is 10.7. The predicted octanol–water partition coefficient (Wildman–Crippen LogP) is 3.01. The highest BCUT2D eigenvalue weighted by Gasteiger charge is 2.38. The van der Waals surface area contributed by atoms with Crippen molar-refractivity contribution < 1.29 is 4.79 Å². The number of benzene rings is 1. The molecule has 0 aliphatic heterocycles. The van der Waals surface area contributed by atoms with Gasteiger partial charge in [0, 0.05) is 32.6 Å². The van der Waals surface area contributed by atoms with Gasteiger partial charge in [0.05, 0.1) is 0 Å². The van der Waals surface area contributed by atoms with Gasteiger partial charge in [-0.3, -0.25) is 4.79 Å². The maximum atomic E-state index is 11.8. The maximum absolute atomic E-state index is 11.8. The number of hydrogen-bond acceptors (Lipinski definition) is 2. The number of rotatable bonds is 7. The molecule has 2 N–H and O–H groups in total. The summed E-state index contributed by atoms with van der Waals surface area (Å²) in [6.45, 7) is 6.16. The van der Waals surface area contributed by atoms with E-state index in [1.54, 1.807) is 19.0 Å². The van der Waals surface area contributed by atoms with Gasteiger partial charge < -0.3 is 15.5 Å². The zero-order valence-corrected chi connectivity index (χ0v) is 18.7. The number of carbonyl (C=O) groups is 1. The molecule has 5 nitrogen and oxygen atoms in total. The monoisotopic (exact) mass is 472 g/mol. The van der Waals surface area contributed by atoms with E-state index in [-0.39, 0.29) is 41.8 Å². The molecule has 0 unspecified atom stereocenters. The molecule has 26 heavy (non-hydrogen) atoms. The summed E-state index contributed by atoms with van der Waals surface area (Å²) in [6.07, 6.45) is 3.65. The Bertz CT molecular complexity index is 583. The van der Waals surface area contributed by atoms with E-state index in [0.717, 1.165) is 19.0 Å². The van der Waals surface area contributed by atoms with Gasteiger partial charge in [-0.05, 0) is 24.3 Å². The Hall–Kier alpha value is -1.31. The number of likely N-dealkylation sites (N-methyl/N-ethyl adjacent to an activating group) is 1. The Morgan fingerprint density at radius 2 is 1.85 bits per heavy atom. The smallest absolute Gasteiger partial charge is 0.243 e. The largest absolute Gasteiger partial charge is 0.356 e. The van der Waals surface area contributed by atoms with E-state index in [0.29, 0.717) is 5.92 Å². The van der Waals surface area contributed by atoms with Crippen molar-refractivity contribution in [1.82, 2.24) is 15.5 Å². The molecule has 1 aliphatic rings. The molecule has 1 aromatic rings. The molecular formula is C20H33IN4O. The first kappa shape index (κ1) is 22.7. The first-order valence-corrected chi connectivity index (χ1v) is 9.21. The average molecular weight is 472 g/mol. The molecule has 2 rings (SSSR count).